The number of anilines is 1. The Bertz CT molecular complexity index is 639. The van der Waals surface area contributed by atoms with Crippen LogP contribution in [0.4, 0.5) is 10.5 Å². The molecule has 0 aliphatic carbocycles. The summed E-state index contributed by atoms with van der Waals surface area (Å²) in [5.74, 6) is 1.44. The Balaban J connectivity index is 1.91. The zero-order valence-corrected chi connectivity index (χ0v) is 13.6. The molecule has 122 valence electrons. The van der Waals surface area contributed by atoms with Crippen LogP contribution in [0.1, 0.15) is 19.4 Å². The van der Waals surface area contributed by atoms with Gasteiger partial charge in [-0.05, 0) is 43.7 Å². The van der Waals surface area contributed by atoms with Crippen molar-refractivity contribution in [3.8, 4) is 11.5 Å². The van der Waals surface area contributed by atoms with E-state index in [4.69, 9.17) is 9.47 Å². The highest BCUT2D eigenvalue weighted by Gasteiger charge is 2.08. The molecular weight excluding hydrogens is 292 g/mol. The second-order valence-corrected chi connectivity index (χ2v) is 5.32. The van der Waals surface area contributed by atoms with Gasteiger partial charge in [0.25, 0.3) is 0 Å². The second kappa shape index (κ2) is 8.08. The average molecular weight is 314 g/mol. The number of hydrogen-bond donors (Lipinski definition) is 2. The number of carbonyl (C=O) groups is 1. The van der Waals surface area contributed by atoms with Crippen LogP contribution in [0.2, 0.25) is 0 Å². The number of benzene rings is 2. The SMILES string of the molecule is COc1ccc(CNC(=O)Nc2ccccc2OC(C)C)cc1. The van der Waals surface area contributed by atoms with Gasteiger partial charge in [0.2, 0.25) is 0 Å². The number of amides is 2. The van der Waals surface area contributed by atoms with E-state index >= 15 is 0 Å². The third kappa shape index (κ3) is 5.21. The fourth-order valence-corrected chi connectivity index (χ4v) is 2.02. The first kappa shape index (κ1) is 16.7. The average Bonchev–Trinajstić information content (AvgIpc) is 2.55. The topological polar surface area (TPSA) is 59.6 Å². The van der Waals surface area contributed by atoms with Gasteiger partial charge in [0, 0.05) is 6.54 Å². The Morgan fingerprint density at radius 2 is 1.78 bits per heavy atom. The van der Waals surface area contributed by atoms with Crippen molar-refractivity contribution in [2.24, 2.45) is 0 Å². The Kier molecular flexibility index (Phi) is 5.86. The van der Waals surface area contributed by atoms with Crippen LogP contribution >= 0.6 is 0 Å². The Hall–Kier alpha value is -2.69. The lowest BCUT2D eigenvalue weighted by Gasteiger charge is -2.15. The molecule has 0 aromatic heterocycles. The van der Waals surface area contributed by atoms with Gasteiger partial charge >= 0.3 is 6.03 Å². The number of methoxy groups -OCH3 is 1. The Morgan fingerprint density at radius 3 is 2.43 bits per heavy atom. The molecule has 0 heterocycles. The van der Waals surface area contributed by atoms with Gasteiger partial charge in [-0.1, -0.05) is 24.3 Å². The summed E-state index contributed by atoms with van der Waals surface area (Å²) in [6.07, 6.45) is 0.0420. The lowest BCUT2D eigenvalue weighted by molar-refractivity contribution is 0.241. The van der Waals surface area contributed by atoms with Crippen LogP contribution < -0.4 is 20.1 Å². The quantitative estimate of drug-likeness (QED) is 0.852. The molecule has 0 radical (unpaired) electrons. The van der Waals surface area contributed by atoms with Crippen molar-refractivity contribution in [1.82, 2.24) is 5.32 Å². The molecule has 0 aliphatic rings. The van der Waals surface area contributed by atoms with Crippen molar-refractivity contribution in [2.75, 3.05) is 12.4 Å². The maximum absolute atomic E-state index is 12.0. The van der Waals surface area contributed by atoms with Gasteiger partial charge in [-0.25, -0.2) is 4.79 Å². The zero-order chi connectivity index (χ0) is 16.7. The van der Waals surface area contributed by atoms with Crippen LogP contribution in [-0.4, -0.2) is 19.2 Å². The van der Waals surface area contributed by atoms with Gasteiger partial charge in [0.05, 0.1) is 18.9 Å². The van der Waals surface area contributed by atoms with E-state index in [0.29, 0.717) is 18.0 Å². The molecule has 2 aromatic carbocycles. The van der Waals surface area contributed by atoms with Gasteiger partial charge in [-0.2, -0.15) is 0 Å². The highest BCUT2D eigenvalue weighted by Crippen LogP contribution is 2.24. The lowest BCUT2D eigenvalue weighted by atomic mass is 10.2. The Labute approximate surface area is 136 Å². The van der Waals surface area contributed by atoms with Crippen molar-refractivity contribution >= 4 is 11.7 Å². The van der Waals surface area contributed by atoms with Crippen molar-refractivity contribution in [3.05, 3.63) is 54.1 Å². The van der Waals surface area contributed by atoms with Crippen LogP contribution in [0.3, 0.4) is 0 Å². The summed E-state index contributed by atoms with van der Waals surface area (Å²) >= 11 is 0. The Morgan fingerprint density at radius 1 is 1.09 bits per heavy atom. The molecule has 2 amide bonds. The molecule has 0 fully saturated rings. The molecule has 0 unspecified atom stereocenters. The molecule has 2 aromatic rings. The van der Waals surface area contributed by atoms with E-state index in [2.05, 4.69) is 10.6 Å². The highest BCUT2D eigenvalue weighted by molar-refractivity contribution is 5.90. The minimum atomic E-state index is -0.277. The monoisotopic (exact) mass is 314 g/mol. The second-order valence-electron chi connectivity index (χ2n) is 5.32. The van der Waals surface area contributed by atoms with E-state index < -0.39 is 0 Å². The van der Waals surface area contributed by atoms with Crippen molar-refractivity contribution in [2.45, 2.75) is 26.5 Å². The summed E-state index contributed by atoms with van der Waals surface area (Å²) in [7, 11) is 1.62. The largest absolute Gasteiger partial charge is 0.497 e. The van der Waals surface area contributed by atoms with Gasteiger partial charge in [-0.3, -0.25) is 0 Å². The number of carbonyl (C=O) groups excluding carboxylic acids is 1. The summed E-state index contributed by atoms with van der Waals surface area (Å²) in [6, 6.07) is 14.6. The van der Waals surface area contributed by atoms with E-state index in [9.17, 15) is 4.79 Å². The van der Waals surface area contributed by atoms with E-state index in [1.54, 1.807) is 7.11 Å². The van der Waals surface area contributed by atoms with Crippen molar-refractivity contribution < 1.29 is 14.3 Å². The number of para-hydroxylation sites is 2. The minimum Gasteiger partial charge on any atom is -0.497 e. The maximum Gasteiger partial charge on any atom is 0.319 e. The smallest absolute Gasteiger partial charge is 0.319 e. The van der Waals surface area contributed by atoms with Gasteiger partial charge < -0.3 is 20.1 Å². The predicted octanol–water partition coefficient (Wildman–Crippen LogP) is 3.80. The number of urea groups is 1. The number of hydrogen-bond acceptors (Lipinski definition) is 3. The van der Waals surface area contributed by atoms with Crippen LogP contribution in [0.15, 0.2) is 48.5 Å². The van der Waals surface area contributed by atoms with Crippen LogP contribution in [0.5, 0.6) is 11.5 Å². The van der Waals surface area contributed by atoms with E-state index in [0.717, 1.165) is 11.3 Å². The molecule has 5 nitrogen and oxygen atoms in total. The third-order valence-electron chi connectivity index (χ3n) is 3.11. The summed E-state index contributed by atoms with van der Waals surface area (Å²) in [5, 5.41) is 5.63. The van der Waals surface area contributed by atoms with Crippen molar-refractivity contribution in [3.63, 3.8) is 0 Å². The summed E-state index contributed by atoms with van der Waals surface area (Å²) in [4.78, 5) is 12.0. The fraction of sp³-hybridized carbons (Fsp3) is 0.278. The maximum atomic E-state index is 12.0. The van der Waals surface area contributed by atoms with Gasteiger partial charge in [0.1, 0.15) is 11.5 Å². The zero-order valence-electron chi connectivity index (χ0n) is 13.6. The molecule has 23 heavy (non-hydrogen) atoms. The predicted molar refractivity (Wildman–Crippen MR) is 91.1 cm³/mol. The minimum absolute atomic E-state index is 0.0420. The molecule has 0 saturated heterocycles. The molecule has 5 heteroatoms. The molecule has 0 atom stereocenters. The standard InChI is InChI=1S/C18H22N2O3/c1-13(2)23-17-7-5-4-6-16(17)20-18(21)19-12-14-8-10-15(22-3)11-9-14/h4-11,13H,12H2,1-3H3,(H2,19,20,21). The first-order valence-corrected chi connectivity index (χ1v) is 7.52. The fourth-order valence-electron chi connectivity index (χ4n) is 2.02. The van der Waals surface area contributed by atoms with Gasteiger partial charge in [0.15, 0.2) is 0 Å². The van der Waals surface area contributed by atoms with Crippen LogP contribution in [-0.2, 0) is 6.54 Å². The number of nitrogens with one attached hydrogen (secondary N) is 2. The third-order valence-corrected chi connectivity index (χ3v) is 3.11. The molecule has 0 bridgehead atoms. The molecule has 0 saturated carbocycles. The normalized spacial score (nSPS) is 10.3. The summed E-state index contributed by atoms with van der Waals surface area (Å²) in [6.45, 7) is 4.32. The number of rotatable bonds is 6. The van der Waals surface area contributed by atoms with E-state index in [1.165, 1.54) is 0 Å². The number of ether oxygens (including phenoxy) is 2. The molecule has 0 aliphatic heterocycles. The first-order chi connectivity index (χ1) is 11.1. The molecular formula is C18H22N2O3. The van der Waals surface area contributed by atoms with Crippen LogP contribution in [0, 0.1) is 0 Å². The van der Waals surface area contributed by atoms with Crippen molar-refractivity contribution in [1.29, 1.82) is 0 Å². The van der Waals surface area contributed by atoms with Crippen LogP contribution in [0.25, 0.3) is 0 Å². The lowest BCUT2D eigenvalue weighted by Crippen LogP contribution is -2.28. The van der Waals surface area contributed by atoms with Gasteiger partial charge in [-0.15, -0.1) is 0 Å². The highest BCUT2D eigenvalue weighted by atomic mass is 16.5. The summed E-state index contributed by atoms with van der Waals surface area (Å²) < 4.78 is 10.8. The van der Waals surface area contributed by atoms with E-state index in [-0.39, 0.29) is 12.1 Å². The van der Waals surface area contributed by atoms with E-state index in [1.807, 2.05) is 62.4 Å². The molecule has 2 N–H and O–H groups in total. The summed E-state index contributed by atoms with van der Waals surface area (Å²) in [5.41, 5.74) is 1.64. The first-order valence-electron chi connectivity index (χ1n) is 7.52. The molecule has 2 rings (SSSR count). The molecule has 0 spiro atoms.